The number of benzene rings is 2. The summed E-state index contributed by atoms with van der Waals surface area (Å²) in [5.41, 5.74) is 2.14. The zero-order chi connectivity index (χ0) is 24.5. The minimum Gasteiger partial charge on any atom is -0.507 e. The molecule has 0 saturated carbocycles. The number of ketones is 1. The van der Waals surface area contributed by atoms with Crippen LogP contribution in [0, 0.1) is 0 Å². The summed E-state index contributed by atoms with van der Waals surface area (Å²) < 4.78 is 17.0. The van der Waals surface area contributed by atoms with Gasteiger partial charge in [-0.25, -0.2) is 0 Å². The molecule has 180 valence electrons. The van der Waals surface area contributed by atoms with Gasteiger partial charge in [0.15, 0.2) is 0 Å². The van der Waals surface area contributed by atoms with Crippen molar-refractivity contribution in [1.82, 2.24) is 4.90 Å². The van der Waals surface area contributed by atoms with E-state index in [9.17, 15) is 14.7 Å². The van der Waals surface area contributed by atoms with Gasteiger partial charge in [-0.1, -0.05) is 19.1 Å². The summed E-state index contributed by atoms with van der Waals surface area (Å²) in [5, 5.41) is 11.4. The number of carbonyl (C=O) groups is 2. The molecule has 2 unspecified atom stereocenters. The predicted octanol–water partition coefficient (Wildman–Crippen LogP) is 5.01. The summed E-state index contributed by atoms with van der Waals surface area (Å²) in [6, 6.07) is 15.3. The molecule has 7 heteroatoms. The van der Waals surface area contributed by atoms with Gasteiger partial charge in [0, 0.05) is 12.0 Å². The van der Waals surface area contributed by atoms with Crippen LogP contribution in [0.15, 0.2) is 70.9 Å². The Morgan fingerprint density at radius 1 is 1.14 bits per heavy atom. The van der Waals surface area contributed by atoms with E-state index in [0.717, 1.165) is 17.7 Å². The molecule has 3 aromatic rings. The molecule has 1 fully saturated rings. The fraction of sp³-hybridized carbons (Fsp3) is 0.286. The number of fused-ring (bicyclic) bond motifs is 1. The third-order valence-electron chi connectivity index (χ3n) is 6.26. The molecular weight excluding hydrogens is 446 g/mol. The van der Waals surface area contributed by atoms with Gasteiger partial charge in [-0.3, -0.25) is 9.59 Å². The molecule has 2 aliphatic rings. The fourth-order valence-corrected chi connectivity index (χ4v) is 4.68. The number of aliphatic hydroxyl groups excluding tert-OH is 1. The maximum absolute atomic E-state index is 13.3. The summed E-state index contributed by atoms with van der Waals surface area (Å²) in [7, 11) is 0. The van der Waals surface area contributed by atoms with Crippen LogP contribution in [0.1, 0.15) is 48.8 Å². The van der Waals surface area contributed by atoms with Crippen LogP contribution in [-0.2, 0) is 22.6 Å². The Hall–Kier alpha value is -4.00. The molecule has 0 spiro atoms. The number of hydrogen-bond donors (Lipinski definition) is 1. The molecule has 2 aliphatic heterocycles. The number of hydrogen-bond acceptors (Lipinski definition) is 6. The molecule has 35 heavy (non-hydrogen) atoms. The van der Waals surface area contributed by atoms with Crippen LogP contribution in [-0.4, -0.2) is 34.4 Å². The second-order valence-electron chi connectivity index (χ2n) is 8.88. The van der Waals surface area contributed by atoms with E-state index in [0.29, 0.717) is 35.7 Å². The van der Waals surface area contributed by atoms with Crippen molar-refractivity contribution in [2.75, 3.05) is 6.61 Å². The Kier molecular flexibility index (Phi) is 6.07. The van der Waals surface area contributed by atoms with Crippen molar-refractivity contribution < 1.29 is 28.6 Å². The van der Waals surface area contributed by atoms with Gasteiger partial charge in [0.25, 0.3) is 11.7 Å². The Labute approximate surface area is 203 Å². The number of furan rings is 1. The number of rotatable bonds is 7. The zero-order valence-electron chi connectivity index (χ0n) is 19.7. The zero-order valence-corrected chi connectivity index (χ0v) is 19.7. The average Bonchev–Trinajstić information content (AvgIpc) is 3.56. The molecule has 1 saturated heterocycles. The smallest absolute Gasteiger partial charge is 0.296 e. The van der Waals surface area contributed by atoms with Gasteiger partial charge >= 0.3 is 0 Å². The van der Waals surface area contributed by atoms with Gasteiger partial charge in [-0.2, -0.15) is 0 Å². The second kappa shape index (κ2) is 9.33. The largest absolute Gasteiger partial charge is 0.507 e. The Morgan fingerprint density at radius 2 is 2.00 bits per heavy atom. The topological polar surface area (TPSA) is 89.2 Å². The molecule has 3 heterocycles. The summed E-state index contributed by atoms with van der Waals surface area (Å²) in [6.07, 6.45) is 3.13. The molecule has 2 aromatic carbocycles. The van der Waals surface area contributed by atoms with E-state index in [-0.39, 0.29) is 24.0 Å². The molecule has 1 N–H and O–H groups in total. The number of Topliss-reactive ketones (excluding diaryl/α,β-unsaturated/α-hetero) is 1. The number of aliphatic hydroxyl groups is 1. The lowest BCUT2D eigenvalue weighted by Crippen LogP contribution is -2.29. The maximum Gasteiger partial charge on any atom is 0.296 e. The Morgan fingerprint density at radius 3 is 2.77 bits per heavy atom. The summed E-state index contributed by atoms with van der Waals surface area (Å²) in [5.74, 6) is 0.313. The molecule has 0 aliphatic carbocycles. The van der Waals surface area contributed by atoms with Gasteiger partial charge in [0.05, 0.1) is 31.0 Å². The van der Waals surface area contributed by atoms with Crippen LogP contribution < -0.4 is 9.47 Å². The Bertz CT molecular complexity index is 1290. The number of amides is 1. The highest BCUT2D eigenvalue weighted by molar-refractivity contribution is 6.46. The normalized spacial score (nSPS) is 20.7. The average molecular weight is 474 g/mol. The van der Waals surface area contributed by atoms with Gasteiger partial charge < -0.3 is 23.9 Å². The van der Waals surface area contributed by atoms with Crippen LogP contribution in [0.3, 0.4) is 0 Å². The molecular formula is C28H27NO6. The van der Waals surface area contributed by atoms with E-state index in [1.54, 1.807) is 24.3 Å². The number of ether oxygens (including phenoxy) is 2. The quantitative estimate of drug-likeness (QED) is 0.295. The molecule has 7 nitrogen and oxygen atoms in total. The SMILES string of the molecule is CCCOc1cccc(C2/C(=C(/O)c3ccc4c(c3)CC(C)O4)C(=O)C(=O)N2Cc2ccco2)c1. The van der Waals surface area contributed by atoms with Gasteiger partial charge in [-0.05, 0) is 66.9 Å². The van der Waals surface area contributed by atoms with Crippen LogP contribution in [0.25, 0.3) is 5.76 Å². The van der Waals surface area contributed by atoms with Crippen molar-refractivity contribution >= 4 is 17.4 Å². The first-order chi connectivity index (χ1) is 17.0. The summed E-state index contributed by atoms with van der Waals surface area (Å²) >= 11 is 0. The van der Waals surface area contributed by atoms with Crippen molar-refractivity contribution in [3.05, 3.63) is 88.9 Å². The minimum atomic E-state index is -0.797. The van der Waals surface area contributed by atoms with E-state index < -0.39 is 17.7 Å². The van der Waals surface area contributed by atoms with Gasteiger partial charge in [0.1, 0.15) is 29.1 Å². The lowest BCUT2D eigenvalue weighted by atomic mass is 9.94. The summed E-state index contributed by atoms with van der Waals surface area (Å²) in [4.78, 5) is 27.9. The van der Waals surface area contributed by atoms with Crippen molar-refractivity contribution in [3.8, 4) is 11.5 Å². The maximum atomic E-state index is 13.3. The molecule has 5 rings (SSSR count). The van der Waals surface area contributed by atoms with Crippen molar-refractivity contribution in [2.45, 2.75) is 45.4 Å². The third-order valence-corrected chi connectivity index (χ3v) is 6.26. The highest BCUT2D eigenvalue weighted by atomic mass is 16.5. The van der Waals surface area contributed by atoms with E-state index >= 15 is 0 Å². The number of carbonyl (C=O) groups excluding carboxylic acids is 2. The van der Waals surface area contributed by atoms with Crippen LogP contribution in [0.5, 0.6) is 11.5 Å². The van der Waals surface area contributed by atoms with E-state index in [1.807, 2.05) is 44.2 Å². The first kappa shape index (κ1) is 22.8. The third kappa shape index (κ3) is 4.30. The lowest BCUT2D eigenvalue weighted by Gasteiger charge is -2.25. The van der Waals surface area contributed by atoms with E-state index in [1.165, 1.54) is 11.2 Å². The fourth-order valence-electron chi connectivity index (χ4n) is 4.68. The van der Waals surface area contributed by atoms with Crippen molar-refractivity contribution in [1.29, 1.82) is 0 Å². The van der Waals surface area contributed by atoms with Crippen LogP contribution in [0.4, 0.5) is 0 Å². The highest BCUT2D eigenvalue weighted by Crippen LogP contribution is 2.42. The molecule has 1 aromatic heterocycles. The highest BCUT2D eigenvalue weighted by Gasteiger charge is 2.46. The molecule has 0 radical (unpaired) electrons. The van der Waals surface area contributed by atoms with Crippen molar-refractivity contribution in [2.24, 2.45) is 0 Å². The van der Waals surface area contributed by atoms with Crippen molar-refractivity contribution in [3.63, 3.8) is 0 Å². The molecule has 1 amide bonds. The van der Waals surface area contributed by atoms with E-state index in [4.69, 9.17) is 13.9 Å². The Balaban J connectivity index is 1.61. The predicted molar refractivity (Wildman–Crippen MR) is 129 cm³/mol. The number of nitrogens with zero attached hydrogens (tertiary/aromatic N) is 1. The van der Waals surface area contributed by atoms with Gasteiger partial charge in [-0.15, -0.1) is 0 Å². The first-order valence-electron chi connectivity index (χ1n) is 11.8. The standard InChI is InChI=1S/C28H27NO6/c1-3-11-33-21-7-4-6-18(15-21)25-24(27(31)28(32)29(25)16-22-8-5-12-34-22)26(30)19-9-10-23-20(14-19)13-17(2)35-23/h4-10,12,14-15,17,25,30H,3,11,13,16H2,1-2H3/b26-24-. The monoisotopic (exact) mass is 473 g/mol. The van der Waals surface area contributed by atoms with Crippen LogP contribution >= 0.6 is 0 Å². The van der Waals surface area contributed by atoms with Crippen LogP contribution in [0.2, 0.25) is 0 Å². The molecule has 2 atom stereocenters. The number of likely N-dealkylation sites (tertiary alicyclic amines) is 1. The molecule has 0 bridgehead atoms. The van der Waals surface area contributed by atoms with Gasteiger partial charge in [0.2, 0.25) is 0 Å². The minimum absolute atomic E-state index is 0.0427. The lowest BCUT2D eigenvalue weighted by molar-refractivity contribution is -0.140. The van der Waals surface area contributed by atoms with E-state index in [2.05, 4.69) is 0 Å². The first-order valence-corrected chi connectivity index (χ1v) is 11.8. The second-order valence-corrected chi connectivity index (χ2v) is 8.88. The summed E-state index contributed by atoms with van der Waals surface area (Å²) in [6.45, 7) is 4.64.